The number of carbonyl (C=O) groups excluding carboxylic acids is 4. The minimum Gasteiger partial charge on any atom is -0.508 e. The minimum absolute atomic E-state index is 0.00169. The summed E-state index contributed by atoms with van der Waals surface area (Å²) >= 11 is 0. The average molecular weight is 702 g/mol. The lowest BCUT2D eigenvalue weighted by Crippen LogP contribution is -2.65. The molecule has 0 heterocycles. The molecule has 0 fully saturated rings. The molecule has 0 saturated carbocycles. The van der Waals surface area contributed by atoms with Gasteiger partial charge in [-0.15, -0.1) is 0 Å². The Hall–Kier alpha value is -4.64. The number of amides is 4. The van der Waals surface area contributed by atoms with Gasteiger partial charge in [0.2, 0.25) is 17.7 Å². The Morgan fingerprint density at radius 3 is 1.98 bits per heavy atom. The van der Waals surface area contributed by atoms with Gasteiger partial charge >= 0.3 is 17.7 Å². The second-order valence-corrected chi connectivity index (χ2v) is 11.9. The lowest BCUT2D eigenvalue weighted by atomic mass is 9.95. The standard InChI is InChI=1S/C32H40F5N5O7/c1-5-19(4)26(40-27(45)23(38)16-20-11-13-22(43)14-12-20)28(46)39-17-25(44)41(24(29(47)48)15-18(2)3)30(49)32(35,42(36)37)31(33,34)21-9-7-6-8-10-21/h6-14,18-19,23-24,26,43H,5,15-17,38H2,1-4H3,(H,39,46)(H,40,45)(H,47,48)/t19-,23+,24+,26-,32-/m1/s1. The normalized spacial score (nSPS) is 15.4. The molecular weight excluding hydrogens is 661 g/mol. The number of nitrogens with two attached hydrogens (primary N) is 1. The highest BCUT2D eigenvalue weighted by molar-refractivity contribution is 6.04. The van der Waals surface area contributed by atoms with Gasteiger partial charge in [-0.1, -0.05) is 85.5 Å². The monoisotopic (exact) mass is 701 g/mol. The average Bonchev–Trinajstić information content (AvgIpc) is 3.05. The van der Waals surface area contributed by atoms with Crippen LogP contribution in [0.1, 0.15) is 51.7 Å². The van der Waals surface area contributed by atoms with Gasteiger partial charge in [-0.05, 0) is 42.4 Å². The van der Waals surface area contributed by atoms with Crippen LogP contribution in [0.4, 0.5) is 22.1 Å². The van der Waals surface area contributed by atoms with Crippen molar-refractivity contribution in [3.8, 4) is 5.75 Å². The number of nitrogens with one attached hydrogen (secondary N) is 2. The van der Waals surface area contributed by atoms with Gasteiger partial charge in [0.1, 0.15) is 17.8 Å². The largest absolute Gasteiger partial charge is 0.508 e. The van der Waals surface area contributed by atoms with Gasteiger partial charge in [-0.25, -0.2) is 9.18 Å². The maximum atomic E-state index is 15.9. The van der Waals surface area contributed by atoms with Crippen molar-refractivity contribution in [1.82, 2.24) is 20.9 Å². The van der Waals surface area contributed by atoms with E-state index in [2.05, 4.69) is 10.6 Å². The second kappa shape index (κ2) is 17.1. The highest BCUT2D eigenvalue weighted by Crippen LogP contribution is 2.46. The van der Waals surface area contributed by atoms with Crippen molar-refractivity contribution in [3.05, 3.63) is 65.7 Å². The molecule has 0 aliphatic rings. The number of hydrogen-bond acceptors (Lipinski definition) is 8. The number of phenolic OH excluding ortho intramolecular Hbond substituents is 1. The SMILES string of the molecule is CC[C@@H](C)[C@@H](NC(=O)[C@@H](N)Cc1ccc(O)cc1)C(=O)NCC(=O)N(C(=O)[C@@](F)(N(F)F)C(F)(F)c1ccccc1)[C@@H](CC(C)C)C(=O)O. The number of alkyl halides is 3. The van der Waals surface area contributed by atoms with Crippen molar-refractivity contribution >= 4 is 29.6 Å². The molecule has 0 aliphatic carbocycles. The lowest BCUT2D eigenvalue weighted by Gasteiger charge is -2.37. The summed E-state index contributed by atoms with van der Waals surface area (Å²) in [5, 5.41) is 21.1. The van der Waals surface area contributed by atoms with Crippen LogP contribution in [-0.4, -0.2) is 80.5 Å². The summed E-state index contributed by atoms with van der Waals surface area (Å²) in [7, 11) is 0. The predicted octanol–water partition coefficient (Wildman–Crippen LogP) is 3.29. The van der Waals surface area contributed by atoms with E-state index >= 15 is 13.2 Å². The fraction of sp³-hybridized carbons (Fsp3) is 0.469. The van der Waals surface area contributed by atoms with Crippen LogP contribution in [0.25, 0.3) is 0 Å². The van der Waals surface area contributed by atoms with Gasteiger partial charge < -0.3 is 26.6 Å². The summed E-state index contributed by atoms with van der Waals surface area (Å²) in [6.07, 6.45) is -0.361. The van der Waals surface area contributed by atoms with Crippen LogP contribution in [0.2, 0.25) is 0 Å². The summed E-state index contributed by atoms with van der Waals surface area (Å²) < 4.78 is 75.0. The zero-order valence-electron chi connectivity index (χ0n) is 27.2. The van der Waals surface area contributed by atoms with E-state index in [-0.39, 0.29) is 12.2 Å². The summed E-state index contributed by atoms with van der Waals surface area (Å²) in [4.78, 5) is 64.6. The Bertz CT molecular complexity index is 1470. The molecule has 12 nitrogen and oxygen atoms in total. The first kappa shape index (κ1) is 40.5. The molecule has 2 aromatic carbocycles. The first-order valence-corrected chi connectivity index (χ1v) is 15.2. The van der Waals surface area contributed by atoms with E-state index in [1.165, 1.54) is 44.2 Å². The molecule has 0 unspecified atom stereocenters. The summed E-state index contributed by atoms with van der Waals surface area (Å²) in [5.41, 5.74) is 5.20. The third-order valence-electron chi connectivity index (χ3n) is 7.78. The molecule has 0 spiro atoms. The first-order valence-electron chi connectivity index (χ1n) is 15.2. The smallest absolute Gasteiger partial charge is 0.365 e. The molecule has 0 aromatic heterocycles. The van der Waals surface area contributed by atoms with E-state index < -0.39 is 100 Å². The van der Waals surface area contributed by atoms with Crippen molar-refractivity contribution in [2.24, 2.45) is 17.6 Å². The number of aromatic hydroxyl groups is 1. The van der Waals surface area contributed by atoms with Crippen molar-refractivity contribution in [2.75, 3.05) is 6.54 Å². The van der Waals surface area contributed by atoms with E-state index in [9.17, 15) is 43.1 Å². The van der Waals surface area contributed by atoms with Crippen molar-refractivity contribution in [3.63, 3.8) is 0 Å². The van der Waals surface area contributed by atoms with Gasteiger partial charge in [0, 0.05) is 5.56 Å². The number of aliphatic carboxylic acids is 1. The molecule has 17 heteroatoms. The molecule has 0 saturated heterocycles. The number of carbonyl (C=O) groups is 5. The van der Waals surface area contributed by atoms with Crippen LogP contribution in [0, 0.1) is 11.8 Å². The Morgan fingerprint density at radius 2 is 1.49 bits per heavy atom. The van der Waals surface area contributed by atoms with Crippen LogP contribution < -0.4 is 16.4 Å². The maximum absolute atomic E-state index is 15.9. The Labute approximate surface area is 279 Å². The quantitative estimate of drug-likeness (QED) is 0.0939. The van der Waals surface area contributed by atoms with Crippen LogP contribution in [0.5, 0.6) is 5.75 Å². The Balaban J connectivity index is 2.41. The van der Waals surface area contributed by atoms with E-state index in [4.69, 9.17) is 5.73 Å². The highest BCUT2D eigenvalue weighted by Gasteiger charge is 2.70. The van der Waals surface area contributed by atoms with Gasteiger partial charge in [0.15, 0.2) is 0 Å². The summed E-state index contributed by atoms with van der Waals surface area (Å²) in [5.74, 6) is -20.7. The molecule has 2 aromatic rings. The van der Waals surface area contributed by atoms with Gasteiger partial charge in [0.25, 0.3) is 5.91 Å². The molecule has 6 N–H and O–H groups in total. The molecule has 0 radical (unpaired) electrons. The minimum atomic E-state index is -5.57. The molecule has 5 atom stereocenters. The van der Waals surface area contributed by atoms with Crippen molar-refractivity contribution in [2.45, 2.75) is 76.8 Å². The molecule has 49 heavy (non-hydrogen) atoms. The van der Waals surface area contributed by atoms with E-state index in [0.717, 1.165) is 12.1 Å². The number of benzene rings is 2. The Kier molecular flexibility index (Phi) is 14.2. The first-order chi connectivity index (χ1) is 22.8. The van der Waals surface area contributed by atoms with Crippen LogP contribution >= 0.6 is 0 Å². The molecule has 270 valence electrons. The molecule has 0 bridgehead atoms. The number of hydrogen-bond donors (Lipinski definition) is 5. The summed E-state index contributed by atoms with van der Waals surface area (Å²) in [6.45, 7) is 4.70. The van der Waals surface area contributed by atoms with Crippen molar-refractivity contribution in [1.29, 1.82) is 0 Å². The number of imide groups is 1. The Morgan fingerprint density at radius 1 is 0.918 bits per heavy atom. The molecule has 0 aliphatic heterocycles. The number of halogens is 5. The second-order valence-electron chi connectivity index (χ2n) is 11.9. The topological polar surface area (TPSA) is 182 Å². The van der Waals surface area contributed by atoms with E-state index in [1.54, 1.807) is 13.8 Å². The van der Waals surface area contributed by atoms with Gasteiger partial charge in [-0.2, -0.15) is 8.78 Å². The zero-order chi connectivity index (χ0) is 37.3. The van der Waals surface area contributed by atoms with Gasteiger partial charge in [0.05, 0.1) is 17.9 Å². The lowest BCUT2D eigenvalue weighted by molar-refractivity contribution is -0.337. The maximum Gasteiger partial charge on any atom is 0.365 e. The van der Waals surface area contributed by atoms with Crippen molar-refractivity contribution < 1.29 is 56.3 Å². The zero-order valence-corrected chi connectivity index (χ0v) is 27.2. The van der Waals surface area contributed by atoms with Crippen LogP contribution in [0.15, 0.2) is 54.6 Å². The predicted molar refractivity (Wildman–Crippen MR) is 165 cm³/mol. The number of carboxylic acids is 1. The van der Waals surface area contributed by atoms with E-state index in [1.807, 2.05) is 0 Å². The number of carboxylic acid groups (broad SMARTS) is 1. The van der Waals surface area contributed by atoms with E-state index in [0.29, 0.717) is 24.1 Å². The number of nitrogens with zero attached hydrogens (tertiary/aromatic N) is 2. The highest BCUT2D eigenvalue weighted by atomic mass is 19.4. The third kappa shape index (κ3) is 9.72. The molecular formula is C32H40F5N5O7. The van der Waals surface area contributed by atoms with Crippen LogP contribution in [-0.2, 0) is 36.3 Å². The van der Waals surface area contributed by atoms with Gasteiger partial charge in [-0.3, -0.25) is 24.1 Å². The molecule has 4 amide bonds. The number of phenols is 1. The summed E-state index contributed by atoms with van der Waals surface area (Å²) in [6, 6.07) is 5.09. The van der Waals surface area contributed by atoms with Crippen LogP contribution in [0.3, 0.4) is 0 Å². The molecule has 2 rings (SSSR count). The third-order valence-corrected chi connectivity index (χ3v) is 7.78. The fourth-order valence-electron chi connectivity index (χ4n) is 4.80. The number of rotatable bonds is 17. The fourth-order valence-corrected chi connectivity index (χ4v) is 4.80.